The number of imidazole rings is 1. The average molecular weight is 246 g/mol. The largest absolute Gasteiger partial charge is 0.480 e. The predicted molar refractivity (Wildman–Crippen MR) is 63.1 cm³/mol. The smallest absolute Gasteiger partial charge is 0.238 e. The van der Waals surface area contributed by atoms with E-state index in [0.717, 1.165) is 18.5 Å². The van der Waals surface area contributed by atoms with Gasteiger partial charge in [0.25, 0.3) is 0 Å². The summed E-state index contributed by atoms with van der Waals surface area (Å²) in [6.07, 6.45) is 7.89. The van der Waals surface area contributed by atoms with Crippen LogP contribution in [0.3, 0.4) is 0 Å². The van der Waals surface area contributed by atoms with Gasteiger partial charge >= 0.3 is 0 Å². The number of aromatic nitrogens is 4. The lowest BCUT2D eigenvalue weighted by Gasteiger charge is -2.14. The van der Waals surface area contributed by atoms with Crippen LogP contribution in [0.5, 0.6) is 5.88 Å². The quantitative estimate of drug-likeness (QED) is 0.874. The highest BCUT2D eigenvalue weighted by Gasteiger charge is 2.29. The molecule has 1 aliphatic rings. The molecule has 0 amide bonds. The van der Waals surface area contributed by atoms with E-state index < -0.39 is 6.10 Å². The van der Waals surface area contributed by atoms with Crippen molar-refractivity contribution >= 4 is 0 Å². The number of hydrogen-bond acceptors (Lipinski definition) is 5. The van der Waals surface area contributed by atoms with Crippen molar-refractivity contribution in [2.24, 2.45) is 0 Å². The Balaban J connectivity index is 1.98. The highest BCUT2D eigenvalue weighted by molar-refractivity contribution is 5.27. The van der Waals surface area contributed by atoms with Crippen LogP contribution >= 0.6 is 0 Å². The van der Waals surface area contributed by atoms with Crippen LogP contribution in [0, 0.1) is 0 Å². The Morgan fingerprint density at radius 3 is 2.89 bits per heavy atom. The molecule has 0 saturated heterocycles. The van der Waals surface area contributed by atoms with Gasteiger partial charge in [0, 0.05) is 18.4 Å². The van der Waals surface area contributed by atoms with Crippen molar-refractivity contribution < 1.29 is 9.84 Å². The molecule has 1 unspecified atom stereocenters. The Kier molecular flexibility index (Phi) is 2.71. The fourth-order valence-corrected chi connectivity index (χ4v) is 2.01. The number of aliphatic hydroxyl groups is 1. The molecule has 0 aromatic carbocycles. The first-order valence-electron chi connectivity index (χ1n) is 5.86. The van der Waals surface area contributed by atoms with Crippen LogP contribution < -0.4 is 4.74 Å². The van der Waals surface area contributed by atoms with E-state index in [0.29, 0.717) is 17.6 Å². The summed E-state index contributed by atoms with van der Waals surface area (Å²) in [5.41, 5.74) is 1.15. The highest BCUT2D eigenvalue weighted by atomic mass is 16.5. The number of rotatable bonds is 4. The van der Waals surface area contributed by atoms with Crippen LogP contribution in [0.15, 0.2) is 24.9 Å². The molecule has 1 fully saturated rings. The third kappa shape index (κ3) is 1.84. The lowest BCUT2D eigenvalue weighted by atomic mass is 10.2. The van der Waals surface area contributed by atoms with Gasteiger partial charge in [-0.25, -0.2) is 9.97 Å². The maximum atomic E-state index is 10.4. The SMILES string of the molecule is COc1nccnc1C(O)c1cncn1C1CC1. The minimum absolute atomic E-state index is 0.341. The zero-order valence-electron chi connectivity index (χ0n) is 10.0. The standard InChI is InChI=1S/C12H14N4O2/c1-18-12-10(14-4-5-15-12)11(17)9-6-13-7-16(9)8-2-3-8/h4-8,11,17H,2-3H2,1H3. The highest BCUT2D eigenvalue weighted by Crippen LogP contribution is 2.38. The third-order valence-corrected chi connectivity index (χ3v) is 3.06. The minimum Gasteiger partial charge on any atom is -0.480 e. The monoisotopic (exact) mass is 246 g/mol. The van der Waals surface area contributed by atoms with Crippen LogP contribution in [0.25, 0.3) is 0 Å². The molecule has 0 bridgehead atoms. The Morgan fingerprint density at radius 2 is 2.17 bits per heavy atom. The Morgan fingerprint density at radius 1 is 1.39 bits per heavy atom. The molecule has 18 heavy (non-hydrogen) atoms. The summed E-state index contributed by atoms with van der Waals surface area (Å²) < 4.78 is 7.12. The summed E-state index contributed by atoms with van der Waals surface area (Å²) >= 11 is 0. The summed E-state index contributed by atoms with van der Waals surface area (Å²) in [5.74, 6) is 0.341. The van der Waals surface area contributed by atoms with Crippen molar-refractivity contribution in [1.29, 1.82) is 0 Å². The van der Waals surface area contributed by atoms with Gasteiger partial charge in [0.05, 0.1) is 25.3 Å². The van der Waals surface area contributed by atoms with Gasteiger partial charge in [-0.2, -0.15) is 0 Å². The van der Waals surface area contributed by atoms with Crippen molar-refractivity contribution in [1.82, 2.24) is 19.5 Å². The summed E-state index contributed by atoms with van der Waals surface area (Å²) in [6, 6.07) is 0.458. The molecule has 1 aliphatic carbocycles. The van der Waals surface area contributed by atoms with Crippen LogP contribution in [0.1, 0.15) is 36.4 Å². The molecule has 0 radical (unpaired) electrons. The van der Waals surface area contributed by atoms with Gasteiger partial charge in [-0.05, 0) is 12.8 Å². The zero-order valence-corrected chi connectivity index (χ0v) is 10.0. The number of hydrogen-bond donors (Lipinski definition) is 1. The Hall–Kier alpha value is -1.95. The van der Waals surface area contributed by atoms with Gasteiger partial charge in [0.15, 0.2) is 0 Å². The van der Waals surface area contributed by atoms with E-state index in [-0.39, 0.29) is 0 Å². The van der Waals surface area contributed by atoms with Crippen molar-refractivity contribution in [2.45, 2.75) is 25.0 Å². The molecule has 6 heteroatoms. The molecule has 2 aromatic heterocycles. The number of nitrogens with zero attached hydrogens (tertiary/aromatic N) is 4. The van der Waals surface area contributed by atoms with E-state index in [2.05, 4.69) is 15.0 Å². The second-order valence-electron chi connectivity index (χ2n) is 4.31. The molecule has 94 valence electrons. The van der Waals surface area contributed by atoms with Gasteiger partial charge < -0.3 is 14.4 Å². The first-order chi connectivity index (χ1) is 8.81. The fraction of sp³-hybridized carbons (Fsp3) is 0.417. The molecule has 6 nitrogen and oxygen atoms in total. The first kappa shape index (κ1) is 11.2. The molecule has 2 aromatic rings. The van der Waals surface area contributed by atoms with Gasteiger partial charge in [-0.1, -0.05) is 0 Å². The van der Waals surface area contributed by atoms with Crippen molar-refractivity contribution in [2.75, 3.05) is 7.11 Å². The molecular weight excluding hydrogens is 232 g/mol. The fourth-order valence-electron chi connectivity index (χ4n) is 2.01. The van der Waals surface area contributed by atoms with E-state index in [4.69, 9.17) is 4.74 Å². The zero-order chi connectivity index (χ0) is 12.5. The topological polar surface area (TPSA) is 73.1 Å². The van der Waals surface area contributed by atoms with Gasteiger partial charge in [0.1, 0.15) is 11.8 Å². The maximum Gasteiger partial charge on any atom is 0.238 e. The summed E-state index contributed by atoms with van der Waals surface area (Å²) in [5, 5.41) is 10.4. The first-order valence-corrected chi connectivity index (χ1v) is 5.86. The maximum absolute atomic E-state index is 10.4. The molecule has 0 spiro atoms. The van der Waals surface area contributed by atoms with E-state index in [9.17, 15) is 5.11 Å². The third-order valence-electron chi connectivity index (χ3n) is 3.06. The van der Waals surface area contributed by atoms with Crippen molar-refractivity contribution in [3.05, 3.63) is 36.3 Å². The second-order valence-corrected chi connectivity index (χ2v) is 4.31. The summed E-state index contributed by atoms with van der Waals surface area (Å²) in [4.78, 5) is 12.3. The number of methoxy groups -OCH3 is 1. The molecular formula is C12H14N4O2. The molecule has 3 rings (SSSR count). The number of aliphatic hydroxyl groups excluding tert-OH is 1. The average Bonchev–Trinajstić information content (AvgIpc) is 3.15. The van der Waals surface area contributed by atoms with E-state index in [1.807, 2.05) is 4.57 Å². The van der Waals surface area contributed by atoms with Crippen molar-refractivity contribution in [3.8, 4) is 5.88 Å². The van der Waals surface area contributed by atoms with E-state index >= 15 is 0 Å². The van der Waals surface area contributed by atoms with E-state index in [1.54, 1.807) is 18.7 Å². The minimum atomic E-state index is -0.864. The lowest BCUT2D eigenvalue weighted by molar-refractivity contribution is 0.198. The molecule has 1 saturated carbocycles. The van der Waals surface area contributed by atoms with Gasteiger partial charge in [0.2, 0.25) is 5.88 Å². The van der Waals surface area contributed by atoms with E-state index in [1.165, 1.54) is 13.3 Å². The molecule has 1 atom stereocenters. The Labute approximate surface area is 104 Å². The number of ether oxygens (including phenoxy) is 1. The normalized spacial score (nSPS) is 16.6. The predicted octanol–water partition coefficient (Wildman–Crippen LogP) is 1.10. The van der Waals surface area contributed by atoms with Crippen LogP contribution in [-0.4, -0.2) is 31.7 Å². The van der Waals surface area contributed by atoms with Crippen LogP contribution in [0.4, 0.5) is 0 Å². The van der Waals surface area contributed by atoms with Gasteiger partial charge in [-0.3, -0.25) is 4.98 Å². The summed E-state index contributed by atoms with van der Waals surface area (Å²) in [7, 11) is 1.51. The lowest BCUT2D eigenvalue weighted by Crippen LogP contribution is -2.10. The van der Waals surface area contributed by atoms with Gasteiger partial charge in [-0.15, -0.1) is 0 Å². The molecule has 0 aliphatic heterocycles. The van der Waals surface area contributed by atoms with Crippen molar-refractivity contribution in [3.63, 3.8) is 0 Å². The Bertz CT molecular complexity index is 551. The van der Waals surface area contributed by atoms with Crippen LogP contribution in [-0.2, 0) is 0 Å². The summed E-state index contributed by atoms with van der Waals surface area (Å²) in [6.45, 7) is 0. The molecule has 1 N–H and O–H groups in total. The molecule has 2 heterocycles. The van der Waals surface area contributed by atoms with Crippen LogP contribution in [0.2, 0.25) is 0 Å². The second kappa shape index (κ2) is 4.38.